The molecule has 0 fully saturated rings. The van der Waals surface area contributed by atoms with Crippen LogP contribution in [0.3, 0.4) is 0 Å². The number of aliphatic hydroxyl groups is 1. The Bertz CT molecular complexity index is 329. The first-order valence-electron chi connectivity index (χ1n) is 9.21. The monoisotopic (exact) mass is 342 g/mol. The molecule has 0 saturated carbocycles. The number of carbonyl (C=O) groups excluding carboxylic acids is 1. The molecule has 0 saturated heterocycles. The van der Waals surface area contributed by atoms with Crippen LogP contribution in [-0.2, 0) is 9.22 Å². The molecule has 0 aliphatic heterocycles. The van der Waals surface area contributed by atoms with E-state index in [9.17, 15) is 9.90 Å². The van der Waals surface area contributed by atoms with Gasteiger partial charge in [-0.2, -0.15) is 0 Å². The molecule has 0 aromatic carbocycles. The van der Waals surface area contributed by atoms with Crippen LogP contribution in [0.1, 0.15) is 74.1 Å². The fraction of sp³-hybridized carbons (Fsp3) is 0.842. The van der Waals surface area contributed by atoms with E-state index in [2.05, 4.69) is 48.5 Å². The van der Waals surface area contributed by atoms with Crippen LogP contribution in [0.15, 0.2) is 12.2 Å². The van der Waals surface area contributed by atoms with Gasteiger partial charge in [-0.3, -0.25) is 4.79 Å². The van der Waals surface area contributed by atoms with Crippen LogP contribution in [0.5, 0.6) is 0 Å². The second-order valence-corrected chi connectivity index (χ2v) is 12.9. The summed E-state index contributed by atoms with van der Waals surface area (Å²) in [6.07, 6.45) is 6.93. The fourth-order valence-electron chi connectivity index (χ4n) is 3.85. The molecular weight excluding hydrogens is 304 g/mol. The van der Waals surface area contributed by atoms with Crippen LogP contribution < -0.4 is 0 Å². The molecular formula is C19H38O3Si. The molecule has 0 aliphatic rings. The van der Waals surface area contributed by atoms with Gasteiger partial charge in [0.05, 0.1) is 12.2 Å². The summed E-state index contributed by atoms with van der Waals surface area (Å²) in [7, 11) is -2.04. The van der Waals surface area contributed by atoms with Gasteiger partial charge in [0, 0.05) is 0 Å². The highest BCUT2D eigenvalue weighted by Crippen LogP contribution is 2.43. The lowest BCUT2D eigenvalue weighted by molar-refractivity contribution is -0.104. The van der Waals surface area contributed by atoms with Gasteiger partial charge in [-0.15, -0.1) is 0 Å². The minimum Gasteiger partial charge on any atom is -0.410 e. The lowest BCUT2D eigenvalue weighted by Gasteiger charge is -2.45. The van der Waals surface area contributed by atoms with E-state index in [4.69, 9.17) is 4.43 Å². The van der Waals surface area contributed by atoms with Crippen LogP contribution in [0.25, 0.3) is 0 Å². The first kappa shape index (κ1) is 22.5. The molecule has 0 radical (unpaired) electrons. The van der Waals surface area contributed by atoms with Crippen LogP contribution in [0.2, 0.25) is 16.6 Å². The largest absolute Gasteiger partial charge is 0.410 e. The Labute approximate surface area is 144 Å². The number of allylic oxidation sites excluding steroid dienone is 1. The number of hydrogen-bond acceptors (Lipinski definition) is 3. The van der Waals surface area contributed by atoms with Crippen molar-refractivity contribution in [3.05, 3.63) is 12.2 Å². The molecule has 0 amide bonds. The first-order chi connectivity index (χ1) is 10.7. The van der Waals surface area contributed by atoms with E-state index < -0.39 is 14.4 Å². The highest BCUT2D eigenvalue weighted by atomic mass is 28.4. The molecule has 2 atom stereocenters. The van der Waals surface area contributed by atoms with Gasteiger partial charge in [-0.1, -0.05) is 73.8 Å². The van der Waals surface area contributed by atoms with E-state index in [1.165, 1.54) is 6.08 Å². The Morgan fingerprint density at radius 2 is 1.52 bits per heavy atom. The standard InChI is InChI=1S/C19H38O3Si/c1-8-9-10-13-19(18(21)12-11-14-20)22-23(15(2)3,16(4)5)17(6)7/h11-12,14-19,21H,8-10,13H2,1-7H3/b12-11+. The summed E-state index contributed by atoms with van der Waals surface area (Å²) in [4.78, 5) is 10.6. The maximum Gasteiger partial charge on any atom is 0.200 e. The van der Waals surface area contributed by atoms with Crippen molar-refractivity contribution in [2.45, 2.75) is 103 Å². The minimum atomic E-state index is -2.04. The lowest BCUT2D eigenvalue weighted by atomic mass is 10.1. The lowest BCUT2D eigenvalue weighted by Crippen LogP contribution is -2.52. The van der Waals surface area contributed by atoms with Crippen molar-refractivity contribution in [1.82, 2.24) is 0 Å². The number of carbonyl (C=O) groups is 1. The van der Waals surface area contributed by atoms with Crippen molar-refractivity contribution in [3.63, 3.8) is 0 Å². The molecule has 0 bridgehead atoms. The van der Waals surface area contributed by atoms with E-state index in [-0.39, 0.29) is 6.10 Å². The maximum atomic E-state index is 10.6. The van der Waals surface area contributed by atoms with Crippen molar-refractivity contribution < 1.29 is 14.3 Å². The Hall–Kier alpha value is -0.453. The van der Waals surface area contributed by atoms with Crippen molar-refractivity contribution in [3.8, 4) is 0 Å². The Morgan fingerprint density at radius 1 is 1.00 bits per heavy atom. The zero-order chi connectivity index (χ0) is 18.0. The number of unbranched alkanes of at least 4 members (excludes halogenated alkanes) is 2. The van der Waals surface area contributed by atoms with Gasteiger partial charge >= 0.3 is 0 Å². The molecule has 0 spiro atoms. The van der Waals surface area contributed by atoms with Gasteiger partial charge in [-0.05, 0) is 29.1 Å². The predicted octanol–water partition coefficient (Wildman–Crippen LogP) is 5.24. The van der Waals surface area contributed by atoms with E-state index in [0.29, 0.717) is 22.9 Å². The van der Waals surface area contributed by atoms with E-state index >= 15 is 0 Å². The third-order valence-electron chi connectivity index (χ3n) is 4.92. The van der Waals surface area contributed by atoms with Gasteiger partial charge in [-0.25, -0.2) is 0 Å². The van der Waals surface area contributed by atoms with Crippen molar-refractivity contribution in [2.75, 3.05) is 0 Å². The van der Waals surface area contributed by atoms with Gasteiger partial charge in [0.25, 0.3) is 0 Å². The summed E-state index contributed by atoms with van der Waals surface area (Å²) in [5.74, 6) is 0. The summed E-state index contributed by atoms with van der Waals surface area (Å²) < 4.78 is 6.75. The molecule has 2 unspecified atom stereocenters. The Morgan fingerprint density at radius 3 is 1.91 bits per heavy atom. The first-order valence-corrected chi connectivity index (χ1v) is 11.4. The van der Waals surface area contributed by atoms with Gasteiger partial charge in [0.1, 0.15) is 6.29 Å². The second kappa shape index (κ2) is 11.2. The topological polar surface area (TPSA) is 46.5 Å². The van der Waals surface area contributed by atoms with Gasteiger partial charge in [0.15, 0.2) is 0 Å². The van der Waals surface area contributed by atoms with Gasteiger partial charge < -0.3 is 9.53 Å². The fourth-order valence-corrected chi connectivity index (χ4v) is 9.45. The van der Waals surface area contributed by atoms with Crippen molar-refractivity contribution in [1.29, 1.82) is 0 Å². The van der Waals surface area contributed by atoms with E-state index in [1.54, 1.807) is 6.08 Å². The number of aldehydes is 1. The molecule has 4 heteroatoms. The quantitative estimate of drug-likeness (QED) is 0.228. The Balaban J connectivity index is 5.40. The predicted molar refractivity (Wildman–Crippen MR) is 101 cm³/mol. The van der Waals surface area contributed by atoms with Crippen molar-refractivity contribution in [2.24, 2.45) is 0 Å². The van der Waals surface area contributed by atoms with Crippen LogP contribution >= 0.6 is 0 Å². The van der Waals surface area contributed by atoms with E-state index in [1.807, 2.05) is 0 Å². The molecule has 136 valence electrons. The van der Waals surface area contributed by atoms with Crippen molar-refractivity contribution >= 4 is 14.6 Å². The average Bonchev–Trinajstić information content (AvgIpc) is 2.47. The third-order valence-corrected chi connectivity index (χ3v) is 11.0. The zero-order valence-electron chi connectivity index (χ0n) is 16.2. The molecule has 1 N–H and O–H groups in total. The highest BCUT2D eigenvalue weighted by molar-refractivity contribution is 6.77. The molecule has 0 heterocycles. The maximum absolute atomic E-state index is 10.6. The van der Waals surface area contributed by atoms with Gasteiger partial charge in [0.2, 0.25) is 8.32 Å². The second-order valence-electron chi connectivity index (χ2n) is 7.48. The van der Waals surface area contributed by atoms with Crippen LogP contribution in [0, 0.1) is 0 Å². The highest BCUT2D eigenvalue weighted by Gasteiger charge is 2.47. The molecule has 0 aromatic rings. The van der Waals surface area contributed by atoms with Crippen LogP contribution in [0.4, 0.5) is 0 Å². The number of hydrogen-bond donors (Lipinski definition) is 1. The SMILES string of the molecule is CCCCCC(O[Si](C(C)C)(C(C)C)C(C)C)C(O)/C=C/C=O. The summed E-state index contributed by atoms with van der Waals surface area (Å²) in [5, 5.41) is 10.5. The summed E-state index contributed by atoms with van der Waals surface area (Å²) in [5.41, 5.74) is 1.45. The number of rotatable bonds is 12. The zero-order valence-corrected chi connectivity index (χ0v) is 17.2. The summed E-state index contributed by atoms with van der Waals surface area (Å²) >= 11 is 0. The molecule has 23 heavy (non-hydrogen) atoms. The van der Waals surface area contributed by atoms with Crippen LogP contribution in [-0.4, -0.2) is 31.9 Å². The Kier molecular flexibility index (Phi) is 10.9. The average molecular weight is 343 g/mol. The summed E-state index contributed by atoms with van der Waals surface area (Å²) in [6.45, 7) is 15.7. The molecule has 0 rings (SSSR count). The smallest absolute Gasteiger partial charge is 0.200 e. The molecule has 3 nitrogen and oxygen atoms in total. The molecule has 0 aliphatic carbocycles. The summed E-state index contributed by atoms with van der Waals surface area (Å²) in [6, 6.07) is 0. The number of aliphatic hydroxyl groups excluding tert-OH is 1. The molecule has 0 aromatic heterocycles. The minimum absolute atomic E-state index is 0.211. The third kappa shape index (κ3) is 6.52. The normalized spacial score (nSPS) is 15.8. The van der Waals surface area contributed by atoms with E-state index in [0.717, 1.165) is 25.7 Å².